The van der Waals surface area contributed by atoms with Gasteiger partial charge in [0, 0.05) is 17.0 Å². The lowest BCUT2D eigenvalue weighted by atomic mass is 10.2. The second-order valence-corrected chi connectivity index (χ2v) is 9.59. The Morgan fingerprint density at radius 3 is 2.52 bits per heavy atom. The van der Waals surface area contributed by atoms with Gasteiger partial charge < -0.3 is 9.64 Å². The van der Waals surface area contributed by atoms with E-state index in [-0.39, 0.29) is 36.1 Å². The van der Waals surface area contributed by atoms with E-state index in [4.69, 9.17) is 4.74 Å². The zero-order valence-corrected chi connectivity index (χ0v) is 14.5. The van der Waals surface area contributed by atoms with E-state index in [1.54, 1.807) is 11.0 Å². The molecule has 1 atom stereocenters. The Hall–Kier alpha value is -1.41. The van der Waals surface area contributed by atoms with E-state index in [9.17, 15) is 18.0 Å². The molecule has 1 saturated carbocycles. The van der Waals surface area contributed by atoms with E-state index in [1.165, 1.54) is 11.3 Å². The largest absolute Gasteiger partial charge is 0.451 e. The molecule has 1 aliphatic carbocycles. The molecule has 1 saturated heterocycles. The Balaban J connectivity index is 1.60. The van der Waals surface area contributed by atoms with E-state index in [2.05, 4.69) is 0 Å². The Morgan fingerprint density at radius 2 is 2.00 bits per heavy atom. The van der Waals surface area contributed by atoms with Gasteiger partial charge in [0.1, 0.15) is 4.88 Å². The number of hydrogen-bond acceptors (Lipinski definition) is 6. The molecule has 1 amide bonds. The third-order valence-corrected chi connectivity index (χ3v) is 6.83. The molecule has 0 radical (unpaired) electrons. The molecule has 8 heteroatoms. The highest BCUT2D eigenvalue weighted by Crippen LogP contribution is 2.32. The fourth-order valence-electron chi connectivity index (χ4n) is 2.87. The minimum atomic E-state index is -3.05. The van der Waals surface area contributed by atoms with Crippen LogP contribution in [0.1, 0.15) is 33.8 Å². The van der Waals surface area contributed by atoms with Gasteiger partial charge in [0.05, 0.1) is 11.5 Å². The van der Waals surface area contributed by atoms with Crippen molar-refractivity contribution < 1.29 is 22.7 Å². The van der Waals surface area contributed by atoms with Crippen molar-refractivity contribution in [1.82, 2.24) is 4.90 Å². The van der Waals surface area contributed by atoms with E-state index in [1.807, 2.05) is 13.0 Å². The average Bonchev–Trinajstić information content (AvgIpc) is 3.11. The van der Waals surface area contributed by atoms with Gasteiger partial charge in [0.25, 0.3) is 5.91 Å². The summed E-state index contributed by atoms with van der Waals surface area (Å²) in [5, 5.41) is 0. The summed E-state index contributed by atoms with van der Waals surface area (Å²) >= 11 is 1.32. The first-order valence-electron chi connectivity index (χ1n) is 7.61. The lowest BCUT2D eigenvalue weighted by molar-refractivity contribution is -0.137. The van der Waals surface area contributed by atoms with Crippen molar-refractivity contribution in [3.63, 3.8) is 0 Å². The highest BCUT2D eigenvalue weighted by atomic mass is 32.2. The normalized spacial score (nSPS) is 22.7. The molecule has 0 bridgehead atoms. The highest BCUT2D eigenvalue weighted by molar-refractivity contribution is 7.91. The van der Waals surface area contributed by atoms with Crippen LogP contribution in [0.4, 0.5) is 0 Å². The van der Waals surface area contributed by atoms with Crippen molar-refractivity contribution in [3.8, 4) is 0 Å². The summed E-state index contributed by atoms with van der Waals surface area (Å²) in [5.74, 6) is -0.655. The molecule has 0 spiro atoms. The topological polar surface area (TPSA) is 80.8 Å². The summed E-state index contributed by atoms with van der Waals surface area (Å²) in [5.41, 5.74) is 0. The van der Waals surface area contributed by atoms with Crippen LogP contribution in [0.3, 0.4) is 0 Å². The number of amides is 1. The second-order valence-electron chi connectivity index (χ2n) is 6.08. The number of carbonyl (C=O) groups excluding carboxylic acids is 2. The summed E-state index contributed by atoms with van der Waals surface area (Å²) < 4.78 is 28.4. The van der Waals surface area contributed by atoms with Crippen molar-refractivity contribution >= 4 is 33.1 Å². The number of thiophene rings is 1. The van der Waals surface area contributed by atoms with Crippen LogP contribution >= 0.6 is 11.3 Å². The minimum Gasteiger partial charge on any atom is -0.451 e. The van der Waals surface area contributed by atoms with Gasteiger partial charge in [-0.3, -0.25) is 4.79 Å². The summed E-state index contributed by atoms with van der Waals surface area (Å²) in [7, 11) is -3.05. The average molecular weight is 357 g/mol. The van der Waals surface area contributed by atoms with Crippen molar-refractivity contribution in [2.75, 3.05) is 18.1 Å². The monoisotopic (exact) mass is 357 g/mol. The van der Waals surface area contributed by atoms with Crippen molar-refractivity contribution in [2.45, 2.75) is 38.3 Å². The number of aryl methyl sites for hydroxylation is 1. The molecule has 126 valence electrons. The molecule has 2 aliphatic rings. The van der Waals surface area contributed by atoms with Gasteiger partial charge in [-0.15, -0.1) is 11.3 Å². The lowest BCUT2D eigenvalue weighted by Gasteiger charge is -2.28. The highest BCUT2D eigenvalue weighted by Gasteiger charge is 2.42. The predicted molar refractivity (Wildman–Crippen MR) is 86.3 cm³/mol. The zero-order chi connectivity index (χ0) is 16.6. The van der Waals surface area contributed by atoms with Crippen LogP contribution in [0.2, 0.25) is 0 Å². The van der Waals surface area contributed by atoms with Gasteiger partial charge >= 0.3 is 5.97 Å². The Kier molecular flexibility index (Phi) is 4.46. The maximum Gasteiger partial charge on any atom is 0.348 e. The minimum absolute atomic E-state index is 0.0211. The molecule has 3 rings (SSSR count). The molecule has 2 heterocycles. The van der Waals surface area contributed by atoms with E-state index in [0.717, 1.165) is 17.7 Å². The SMILES string of the molecule is Cc1ccc(C(=O)OCC(=O)N(C2CC2)[C@H]2CCS(=O)(=O)C2)s1. The van der Waals surface area contributed by atoms with Crippen LogP contribution in [-0.2, 0) is 19.4 Å². The van der Waals surface area contributed by atoms with Gasteiger partial charge in [-0.2, -0.15) is 0 Å². The number of hydrogen-bond donors (Lipinski definition) is 0. The Morgan fingerprint density at radius 1 is 1.26 bits per heavy atom. The third-order valence-electron chi connectivity index (χ3n) is 4.10. The number of sulfone groups is 1. The van der Waals surface area contributed by atoms with Crippen molar-refractivity contribution in [2.24, 2.45) is 0 Å². The van der Waals surface area contributed by atoms with Crippen LogP contribution in [0, 0.1) is 6.92 Å². The lowest BCUT2D eigenvalue weighted by Crippen LogP contribution is -2.44. The predicted octanol–water partition coefficient (Wildman–Crippen LogP) is 1.39. The van der Waals surface area contributed by atoms with E-state index >= 15 is 0 Å². The zero-order valence-electron chi connectivity index (χ0n) is 12.9. The number of ether oxygens (including phenoxy) is 1. The molecule has 0 aromatic carbocycles. The molecule has 23 heavy (non-hydrogen) atoms. The number of nitrogens with zero attached hydrogens (tertiary/aromatic N) is 1. The Labute approximate surface area is 139 Å². The first kappa shape index (κ1) is 16.4. The van der Waals surface area contributed by atoms with Crippen LogP contribution < -0.4 is 0 Å². The second kappa shape index (κ2) is 6.24. The van der Waals surface area contributed by atoms with Crippen molar-refractivity contribution in [3.05, 3.63) is 21.9 Å². The summed E-state index contributed by atoms with van der Waals surface area (Å²) in [4.78, 5) is 27.4. The maximum absolute atomic E-state index is 12.4. The molecule has 1 aromatic heterocycles. The first-order chi connectivity index (χ1) is 10.9. The summed E-state index contributed by atoms with van der Waals surface area (Å²) in [6, 6.07) is 3.32. The van der Waals surface area contributed by atoms with Gasteiger partial charge in [-0.1, -0.05) is 0 Å². The van der Waals surface area contributed by atoms with Crippen LogP contribution in [0.5, 0.6) is 0 Å². The third kappa shape index (κ3) is 3.92. The molecule has 1 aliphatic heterocycles. The van der Waals surface area contributed by atoms with Gasteiger partial charge in [-0.05, 0) is 38.3 Å². The smallest absolute Gasteiger partial charge is 0.348 e. The molecular weight excluding hydrogens is 338 g/mol. The number of carbonyl (C=O) groups is 2. The van der Waals surface area contributed by atoms with E-state index in [0.29, 0.717) is 11.3 Å². The van der Waals surface area contributed by atoms with Crippen LogP contribution in [0.25, 0.3) is 0 Å². The quantitative estimate of drug-likeness (QED) is 0.744. The van der Waals surface area contributed by atoms with E-state index < -0.39 is 15.8 Å². The van der Waals surface area contributed by atoms with Crippen LogP contribution in [-0.4, -0.2) is 55.4 Å². The summed E-state index contributed by atoms with van der Waals surface area (Å²) in [6.07, 6.45) is 2.25. The molecular formula is C15H19NO5S2. The first-order valence-corrected chi connectivity index (χ1v) is 10.2. The van der Waals surface area contributed by atoms with Gasteiger partial charge in [-0.25, -0.2) is 13.2 Å². The molecule has 6 nitrogen and oxygen atoms in total. The number of esters is 1. The molecule has 0 N–H and O–H groups in total. The number of rotatable bonds is 5. The fourth-order valence-corrected chi connectivity index (χ4v) is 5.34. The Bertz CT molecular complexity index is 720. The standard InChI is InChI=1S/C15H19NO5S2/c1-10-2-5-13(22-10)15(18)21-8-14(17)16(11-3-4-11)12-6-7-23(19,20)9-12/h2,5,11-12H,3-4,6-9H2,1H3/t12-/m0/s1. The maximum atomic E-state index is 12.4. The van der Waals surface area contributed by atoms with Gasteiger partial charge in [0.15, 0.2) is 16.4 Å². The van der Waals surface area contributed by atoms with Crippen molar-refractivity contribution in [1.29, 1.82) is 0 Å². The molecule has 2 fully saturated rings. The van der Waals surface area contributed by atoms with Crippen LogP contribution in [0.15, 0.2) is 12.1 Å². The summed E-state index contributed by atoms with van der Waals surface area (Å²) in [6.45, 7) is 1.56. The fraction of sp³-hybridized carbons (Fsp3) is 0.600. The molecule has 1 aromatic rings. The molecule has 0 unspecified atom stereocenters. The van der Waals surface area contributed by atoms with Gasteiger partial charge in [0.2, 0.25) is 0 Å².